The maximum absolute atomic E-state index is 11.0. The third-order valence-electron chi connectivity index (χ3n) is 0.775. The van der Waals surface area contributed by atoms with Crippen LogP contribution in [0.4, 0.5) is 4.53 Å². The first-order valence-corrected chi connectivity index (χ1v) is 2.99. The first kappa shape index (κ1) is 10.3. The number of rotatable bonds is 4. The molecular weight excluding hydrogens is 167 g/mol. The molecule has 0 unspecified atom stereocenters. The molecule has 0 fully saturated rings. The van der Waals surface area contributed by atoms with E-state index in [1.807, 2.05) is 0 Å². The summed E-state index contributed by atoms with van der Waals surface area (Å²) in [6, 6.07) is 0. The summed E-state index contributed by atoms with van der Waals surface area (Å²) in [5.41, 5.74) is 0. The van der Waals surface area contributed by atoms with E-state index < -0.39 is 11.9 Å². The molecule has 0 aromatic rings. The third-order valence-corrected chi connectivity index (χ3v) is 0.775. The molecule has 66 valence electrons. The van der Waals surface area contributed by atoms with Crippen molar-refractivity contribution in [3.05, 3.63) is 24.8 Å². The normalized spacial score (nSPS) is 9.42. The highest BCUT2D eigenvalue weighted by molar-refractivity contribution is 5.91. The van der Waals surface area contributed by atoms with Crippen LogP contribution < -0.4 is 0 Å². The molecule has 12 heavy (non-hydrogen) atoms. The minimum atomic E-state index is -1.26. The minimum Gasteiger partial charge on any atom is -0.458 e. The number of hydrogen-bond acceptors (Lipinski definition) is 4. The number of esters is 1. The Morgan fingerprint density at radius 2 is 1.92 bits per heavy atom. The van der Waals surface area contributed by atoms with Crippen molar-refractivity contribution in [3.8, 4) is 0 Å². The van der Waals surface area contributed by atoms with Gasteiger partial charge in [0.2, 0.25) is 0 Å². The number of ether oxygens (including phenoxy) is 1. The van der Waals surface area contributed by atoms with Crippen LogP contribution in [0.25, 0.3) is 0 Å². The highest BCUT2D eigenvalue weighted by atomic mass is 19.3. The van der Waals surface area contributed by atoms with Gasteiger partial charge < -0.3 is 4.74 Å². The van der Waals surface area contributed by atoms with Crippen molar-refractivity contribution in [2.75, 3.05) is 6.61 Å². The number of halogens is 1. The van der Waals surface area contributed by atoms with Gasteiger partial charge in [0, 0.05) is 16.7 Å². The molecule has 0 saturated heterocycles. The average Bonchev–Trinajstić information content (AvgIpc) is 2.10. The lowest BCUT2D eigenvalue weighted by atomic mass is 10.5. The SMILES string of the molecule is C=CCOC(=O)/C=C\C(=O)OF. The van der Waals surface area contributed by atoms with Crippen LogP contribution in [0, 0.1) is 0 Å². The topological polar surface area (TPSA) is 52.6 Å². The zero-order valence-electron chi connectivity index (χ0n) is 6.16. The van der Waals surface area contributed by atoms with Crippen LogP contribution in [0.15, 0.2) is 24.8 Å². The van der Waals surface area contributed by atoms with Gasteiger partial charge >= 0.3 is 11.9 Å². The van der Waals surface area contributed by atoms with E-state index in [-0.39, 0.29) is 6.61 Å². The monoisotopic (exact) mass is 174 g/mol. The molecule has 0 radical (unpaired) electrons. The molecule has 0 saturated carbocycles. The fourth-order valence-corrected chi connectivity index (χ4v) is 0.351. The van der Waals surface area contributed by atoms with Gasteiger partial charge in [-0.15, -0.1) is 0 Å². The van der Waals surface area contributed by atoms with Crippen molar-refractivity contribution in [2.45, 2.75) is 0 Å². The molecule has 0 bridgehead atoms. The lowest BCUT2D eigenvalue weighted by Crippen LogP contribution is -2.01. The van der Waals surface area contributed by atoms with Gasteiger partial charge in [-0.05, 0) is 0 Å². The van der Waals surface area contributed by atoms with E-state index in [0.717, 1.165) is 6.08 Å². The fraction of sp³-hybridized carbons (Fsp3) is 0.143. The van der Waals surface area contributed by atoms with Gasteiger partial charge in [0.25, 0.3) is 0 Å². The molecule has 4 nitrogen and oxygen atoms in total. The molecule has 0 amide bonds. The summed E-state index contributed by atoms with van der Waals surface area (Å²) in [6.45, 7) is 3.33. The Bertz CT molecular complexity index is 209. The van der Waals surface area contributed by atoms with Crippen molar-refractivity contribution in [3.63, 3.8) is 0 Å². The first-order chi connectivity index (χ1) is 5.70. The summed E-state index contributed by atoms with van der Waals surface area (Å²) in [5, 5.41) is 0. The lowest BCUT2D eigenvalue weighted by molar-refractivity contribution is -0.176. The van der Waals surface area contributed by atoms with Crippen molar-refractivity contribution in [2.24, 2.45) is 0 Å². The van der Waals surface area contributed by atoms with E-state index in [1.54, 1.807) is 0 Å². The molecule has 0 N–H and O–H groups in total. The van der Waals surface area contributed by atoms with E-state index >= 15 is 0 Å². The molecule has 0 aliphatic heterocycles. The Balaban J connectivity index is 3.75. The van der Waals surface area contributed by atoms with Crippen molar-refractivity contribution in [1.82, 2.24) is 0 Å². The van der Waals surface area contributed by atoms with Gasteiger partial charge in [-0.25, -0.2) is 9.59 Å². The van der Waals surface area contributed by atoms with Gasteiger partial charge in [0.15, 0.2) is 0 Å². The Morgan fingerprint density at radius 1 is 1.33 bits per heavy atom. The largest absolute Gasteiger partial charge is 0.458 e. The predicted molar refractivity (Wildman–Crippen MR) is 37.5 cm³/mol. The molecule has 0 aromatic carbocycles. The van der Waals surface area contributed by atoms with Gasteiger partial charge in [-0.2, -0.15) is 0 Å². The highest BCUT2D eigenvalue weighted by Crippen LogP contribution is 1.85. The van der Waals surface area contributed by atoms with Crippen LogP contribution >= 0.6 is 0 Å². The molecule has 5 heteroatoms. The molecule has 0 heterocycles. The molecule has 0 aromatic heterocycles. The zero-order valence-corrected chi connectivity index (χ0v) is 6.16. The summed E-state index contributed by atoms with van der Waals surface area (Å²) in [4.78, 5) is 23.4. The standard InChI is InChI=1S/C7H7FO4/c1-2-5-11-6(9)3-4-7(10)12-8/h2-4H,1,5H2/b4-3-. The Hall–Kier alpha value is -1.65. The van der Waals surface area contributed by atoms with Crippen molar-refractivity contribution in [1.29, 1.82) is 0 Å². The molecule has 0 rings (SSSR count). The van der Waals surface area contributed by atoms with Gasteiger partial charge in [0.1, 0.15) is 6.61 Å². The van der Waals surface area contributed by atoms with Crippen LogP contribution in [0.5, 0.6) is 0 Å². The molecule has 0 aliphatic carbocycles. The minimum absolute atomic E-state index is 0.0356. The number of hydrogen-bond donors (Lipinski definition) is 0. The maximum Gasteiger partial charge on any atom is 0.372 e. The van der Waals surface area contributed by atoms with Crippen LogP contribution in [0.1, 0.15) is 0 Å². The Morgan fingerprint density at radius 3 is 2.42 bits per heavy atom. The maximum atomic E-state index is 11.0. The van der Waals surface area contributed by atoms with Gasteiger partial charge in [-0.3, -0.25) is 4.94 Å². The van der Waals surface area contributed by atoms with E-state index in [0.29, 0.717) is 6.08 Å². The van der Waals surface area contributed by atoms with Crippen molar-refractivity contribution < 1.29 is 23.8 Å². The van der Waals surface area contributed by atoms with E-state index in [4.69, 9.17) is 0 Å². The van der Waals surface area contributed by atoms with Crippen LogP contribution in [-0.2, 0) is 19.3 Å². The molecule has 0 aliphatic rings. The quantitative estimate of drug-likeness (QED) is 0.357. The Kier molecular flexibility index (Phi) is 5.25. The van der Waals surface area contributed by atoms with Crippen LogP contribution in [-0.4, -0.2) is 18.5 Å². The third kappa shape index (κ3) is 5.16. The smallest absolute Gasteiger partial charge is 0.372 e. The van der Waals surface area contributed by atoms with E-state index in [9.17, 15) is 14.1 Å². The highest BCUT2D eigenvalue weighted by Gasteiger charge is 1.98. The van der Waals surface area contributed by atoms with Gasteiger partial charge in [-0.1, -0.05) is 12.7 Å². The number of carbonyl (C=O) groups excluding carboxylic acids is 2. The van der Waals surface area contributed by atoms with E-state index in [1.165, 1.54) is 6.08 Å². The van der Waals surface area contributed by atoms with Crippen LogP contribution in [0.2, 0.25) is 0 Å². The number of carbonyl (C=O) groups is 2. The van der Waals surface area contributed by atoms with Crippen LogP contribution in [0.3, 0.4) is 0 Å². The van der Waals surface area contributed by atoms with Crippen molar-refractivity contribution >= 4 is 11.9 Å². The summed E-state index contributed by atoms with van der Waals surface area (Å²) < 4.78 is 15.4. The summed E-state index contributed by atoms with van der Waals surface area (Å²) >= 11 is 0. The fourth-order valence-electron chi connectivity index (χ4n) is 0.351. The summed E-state index contributed by atoms with van der Waals surface area (Å²) in [6.07, 6.45) is 2.73. The lowest BCUT2D eigenvalue weighted by Gasteiger charge is -1.93. The second kappa shape index (κ2) is 6.09. The predicted octanol–water partition coefficient (Wildman–Crippen LogP) is 0.699. The Labute approximate surface area is 68.2 Å². The molecule has 0 spiro atoms. The zero-order chi connectivity index (χ0) is 9.40. The second-order valence-electron chi connectivity index (χ2n) is 1.65. The molecule has 0 atom stereocenters. The average molecular weight is 174 g/mol. The first-order valence-electron chi connectivity index (χ1n) is 2.99. The van der Waals surface area contributed by atoms with E-state index in [2.05, 4.69) is 16.3 Å². The van der Waals surface area contributed by atoms with Gasteiger partial charge in [0.05, 0.1) is 0 Å². The second-order valence-corrected chi connectivity index (χ2v) is 1.65. The summed E-state index contributed by atoms with van der Waals surface area (Å²) in [5.74, 6) is -2.02. The summed E-state index contributed by atoms with van der Waals surface area (Å²) in [7, 11) is 0. The molecular formula is C7H7FO4.